The number of nitriles is 1. The average Bonchev–Trinajstić information content (AvgIpc) is 3.19. The molecule has 2 amide bonds. The highest BCUT2D eigenvalue weighted by molar-refractivity contribution is 6.06. The van der Waals surface area contributed by atoms with Gasteiger partial charge in [0.25, 0.3) is 5.91 Å². The van der Waals surface area contributed by atoms with E-state index in [9.17, 15) is 19.1 Å². The van der Waals surface area contributed by atoms with E-state index < -0.39 is 41.8 Å². The molecule has 9 nitrogen and oxygen atoms in total. The first-order valence-electron chi connectivity index (χ1n) is 11.1. The molecule has 0 aliphatic rings. The van der Waals surface area contributed by atoms with Crippen LogP contribution in [0.2, 0.25) is 0 Å². The fourth-order valence-corrected chi connectivity index (χ4v) is 3.58. The molecule has 0 aliphatic heterocycles. The second-order valence-corrected chi connectivity index (χ2v) is 9.30. The molecule has 0 aliphatic carbocycles. The van der Waals surface area contributed by atoms with Gasteiger partial charge in [-0.25, -0.2) is 4.39 Å². The molecular weight excluding hydrogens is 453 g/mol. The molecule has 2 aromatic carbocycles. The smallest absolute Gasteiger partial charge is 0.273 e. The topological polar surface area (TPSA) is 140 Å². The SMILES string of the molecule is CC(C)(C)[C@H](NC(=O)c1nn(Cc2ccc(C#N)cc2F)c2ccccc12)C(=O)NC[C@@H](O)CO. The predicted octanol–water partition coefficient (Wildman–Crippen LogP) is 1.71. The van der Waals surface area contributed by atoms with Gasteiger partial charge in [0, 0.05) is 17.5 Å². The maximum atomic E-state index is 14.5. The van der Waals surface area contributed by atoms with E-state index in [-0.39, 0.29) is 24.3 Å². The van der Waals surface area contributed by atoms with Crippen LogP contribution in [0.3, 0.4) is 0 Å². The third kappa shape index (κ3) is 6.01. The number of amides is 2. The lowest BCUT2D eigenvalue weighted by Gasteiger charge is -2.30. The van der Waals surface area contributed by atoms with Gasteiger partial charge in [-0.2, -0.15) is 10.4 Å². The lowest BCUT2D eigenvalue weighted by atomic mass is 9.86. The van der Waals surface area contributed by atoms with E-state index in [2.05, 4.69) is 15.7 Å². The quantitative estimate of drug-likeness (QED) is 0.386. The first-order chi connectivity index (χ1) is 16.5. The largest absolute Gasteiger partial charge is 0.394 e. The Kier molecular flexibility index (Phi) is 7.84. The first kappa shape index (κ1) is 25.8. The van der Waals surface area contributed by atoms with Gasteiger partial charge in [0.2, 0.25) is 5.91 Å². The number of carbonyl (C=O) groups excluding carboxylic acids is 2. The van der Waals surface area contributed by atoms with E-state index in [0.29, 0.717) is 16.5 Å². The van der Waals surface area contributed by atoms with Crippen LogP contribution in [0.15, 0.2) is 42.5 Å². The number of para-hydroxylation sites is 1. The summed E-state index contributed by atoms with van der Waals surface area (Å²) in [6.45, 7) is 4.72. The minimum Gasteiger partial charge on any atom is -0.394 e. The fraction of sp³-hybridized carbons (Fsp3) is 0.360. The second-order valence-electron chi connectivity index (χ2n) is 9.30. The van der Waals surface area contributed by atoms with Crippen molar-refractivity contribution in [2.45, 2.75) is 39.5 Å². The maximum absolute atomic E-state index is 14.5. The molecule has 2 atom stereocenters. The predicted molar refractivity (Wildman–Crippen MR) is 127 cm³/mol. The van der Waals surface area contributed by atoms with E-state index in [1.54, 1.807) is 45.0 Å². The van der Waals surface area contributed by atoms with Gasteiger partial charge in [-0.1, -0.05) is 45.0 Å². The van der Waals surface area contributed by atoms with Gasteiger partial charge < -0.3 is 20.8 Å². The van der Waals surface area contributed by atoms with Crippen LogP contribution < -0.4 is 10.6 Å². The summed E-state index contributed by atoms with van der Waals surface area (Å²) in [6.07, 6.45) is -1.11. The molecular formula is C25H28FN5O4. The molecule has 4 N–H and O–H groups in total. The Morgan fingerprint density at radius 1 is 1.23 bits per heavy atom. The summed E-state index contributed by atoms with van der Waals surface area (Å²) < 4.78 is 16.0. The summed E-state index contributed by atoms with van der Waals surface area (Å²) in [5, 5.41) is 37.7. The van der Waals surface area contributed by atoms with Crippen LogP contribution in [0.4, 0.5) is 4.39 Å². The lowest BCUT2D eigenvalue weighted by Crippen LogP contribution is -2.54. The number of fused-ring (bicyclic) bond motifs is 1. The van der Waals surface area contributed by atoms with Gasteiger partial charge >= 0.3 is 0 Å². The minimum absolute atomic E-state index is 0.0353. The third-order valence-corrected chi connectivity index (χ3v) is 5.50. The number of hydrogen-bond donors (Lipinski definition) is 4. The molecule has 0 fully saturated rings. The molecule has 0 saturated heterocycles. The Bertz CT molecular complexity index is 1280. The highest BCUT2D eigenvalue weighted by atomic mass is 19.1. The number of nitrogens with one attached hydrogen (secondary N) is 2. The van der Waals surface area contributed by atoms with Gasteiger partial charge in [-0.3, -0.25) is 14.3 Å². The van der Waals surface area contributed by atoms with E-state index >= 15 is 0 Å². The molecule has 0 spiro atoms. The average molecular weight is 482 g/mol. The van der Waals surface area contributed by atoms with Gasteiger partial charge in [0.1, 0.15) is 11.9 Å². The number of benzene rings is 2. The van der Waals surface area contributed by atoms with Crippen molar-refractivity contribution in [3.05, 3.63) is 65.1 Å². The third-order valence-electron chi connectivity index (χ3n) is 5.50. The molecule has 3 rings (SSSR count). The Hall–Kier alpha value is -3.81. The van der Waals surface area contributed by atoms with E-state index in [1.165, 1.54) is 16.8 Å². The zero-order valence-corrected chi connectivity index (χ0v) is 19.7. The van der Waals surface area contributed by atoms with Crippen molar-refractivity contribution in [3.63, 3.8) is 0 Å². The highest BCUT2D eigenvalue weighted by Crippen LogP contribution is 2.23. The van der Waals surface area contributed by atoms with Crippen molar-refractivity contribution >= 4 is 22.7 Å². The van der Waals surface area contributed by atoms with Crippen LogP contribution in [0.5, 0.6) is 0 Å². The Morgan fingerprint density at radius 3 is 2.57 bits per heavy atom. The number of nitrogens with zero attached hydrogens (tertiary/aromatic N) is 3. The summed E-state index contributed by atoms with van der Waals surface area (Å²) >= 11 is 0. The van der Waals surface area contributed by atoms with Crippen LogP contribution >= 0.6 is 0 Å². The van der Waals surface area contributed by atoms with Crippen molar-refractivity contribution in [2.75, 3.05) is 13.2 Å². The lowest BCUT2D eigenvalue weighted by molar-refractivity contribution is -0.125. The monoisotopic (exact) mass is 481 g/mol. The van der Waals surface area contributed by atoms with Gasteiger partial charge in [0.15, 0.2) is 5.69 Å². The zero-order valence-electron chi connectivity index (χ0n) is 19.7. The summed E-state index contributed by atoms with van der Waals surface area (Å²) in [6, 6.07) is 12.1. The minimum atomic E-state index is -1.11. The van der Waals surface area contributed by atoms with Crippen LogP contribution in [0.1, 0.15) is 42.4 Å². The Balaban J connectivity index is 1.90. The molecule has 0 unspecified atom stereocenters. The van der Waals surface area contributed by atoms with Gasteiger partial charge in [0.05, 0.1) is 36.4 Å². The number of halogens is 1. The molecule has 10 heteroatoms. The first-order valence-corrected chi connectivity index (χ1v) is 11.1. The number of hydrogen-bond acceptors (Lipinski definition) is 6. The number of aliphatic hydroxyl groups is 2. The van der Waals surface area contributed by atoms with Crippen molar-refractivity contribution < 1.29 is 24.2 Å². The van der Waals surface area contributed by atoms with E-state index in [4.69, 9.17) is 10.4 Å². The van der Waals surface area contributed by atoms with Crippen LogP contribution in [0.25, 0.3) is 10.9 Å². The van der Waals surface area contributed by atoms with Crippen molar-refractivity contribution in [3.8, 4) is 6.07 Å². The van der Waals surface area contributed by atoms with Crippen molar-refractivity contribution in [1.29, 1.82) is 5.26 Å². The molecule has 1 heterocycles. The number of aromatic nitrogens is 2. The van der Waals surface area contributed by atoms with Crippen LogP contribution in [-0.2, 0) is 11.3 Å². The van der Waals surface area contributed by atoms with Crippen molar-refractivity contribution in [1.82, 2.24) is 20.4 Å². The molecule has 184 valence electrons. The van der Waals surface area contributed by atoms with Crippen LogP contribution in [-0.4, -0.2) is 57.1 Å². The van der Waals surface area contributed by atoms with Crippen LogP contribution in [0, 0.1) is 22.6 Å². The molecule has 0 bridgehead atoms. The Morgan fingerprint density at radius 2 is 1.94 bits per heavy atom. The molecule has 3 aromatic rings. The number of aliphatic hydroxyl groups excluding tert-OH is 2. The zero-order chi connectivity index (χ0) is 25.8. The van der Waals surface area contributed by atoms with Crippen molar-refractivity contribution in [2.24, 2.45) is 5.41 Å². The fourth-order valence-electron chi connectivity index (χ4n) is 3.58. The van der Waals surface area contributed by atoms with Gasteiger partial charge in [-0.05, 0) is 23.6 Å². The number of carbonyl (C=O) groups is 2. The highest BCUT2D eigenvalue weighted by Gasteiger charge is 2.34. The molecule has 0 saturated carbocycles. The summed E-state index contributed by atoms with van der Waals surface area (Å²) in [7, 11) is 0. The van der Waals surface area contributed by atoms with E-state index in [1.807, 2.05) is 6.07 Å². The summed E-state index contributed by atoms with van der Waals surface area (Å²) in [5.41, 5.74) is 0.512. The Labute approximate surface area is 202 Å². The summed E-state index contributed by atoms with van der Waals surface area (Å²) in [5.74, 6) is -1.65. The standard InChI is InChI=1S/C25H28FN5O4/c1-25(2,3)22(24(35)28-12-17(33)14-32)29-23(34)21-18-6-4-5-7-20(18)31(30-21)13-16-9-8-15(11-27)10-19(16)26/h4-10,17,22,32-33H,12-14H2,1-3H3,(H,28,35)(H,29,34)/t17-,22-/m1/s1. The molecule has 0 radical (unpaired) electrons. The van der Waals surface area contributed by atoms with Gasteiger partial charge in [-0.15, -0.1) is 0 Å². The molecule has 35 heavy (non-hydrogen) atoms. The normalized spacial score (nSPS) is 13.2. The summed E-state index contributed by atoms with van der Waals surface area (Å²) in [4.78, 5) is 26.0. The van der Waals surface area contributed by atoms with E-state index in [0.717, 1.165) is 6.07 Å². The number of rotatable bonds is 8. The maximum Gasteiger partial charge on any atom is 0.273 e. The molecule has 1 aromatic heterocycles. The second kappa shape index (κ2) is 10.6.